The zero-order valence-corrected chi connectivity index (χ0v) is 8.56. The van der Waals surface area contributed by atoms with E-state index >= 15 is 0 Å². The Kier molecular flexibility index (Phi) is 3.74. The van der Waals surface area contributed by atoms with E-state index in [-0.39, 0.29) is 5.57 Å². The van der Waals surface area contributed by atoms with E-state index in [0.29, 0.717) is 11.5 Å². The van der Waals surface area contributed by atoms with E-state index in [4.69, 9.17) is 14.6 Å². The Morgan fingerprint density at radius 1 is 1.40 bits per heavy atom. The zero-order chi connectivity index (χ0) is 11.3. The highest BCUT2D eigenvalue weighted by molar-refractivity contribution is 5.85. The molecule has 0 heterocycles. The molecule has 1 aromatic rings. The van der Waals surface area contributed by atoms with Gasteiger partial charge in [0.15, 0.2) is 0 Å². The molecule has 0 atom stereocenters. The first-order valence-corrected chi connectivity index (χ1v) is 4.34. The van der Waals surface area contributed by atoms with Crippen LogP contribution in [-0.2, 0) is 4.79 Å². The van der Waals surface area contributed by atoms with Gasteiger partial charge in [0.05, 0.1) is 12.7 Å². The second-order valence-electron chi connectivity index (χ2n) is 2.90. The maximum atomic E-state index is 10.5. The SMILES string of the molecule is COc1cccc(OC=C(C)C(=O)O)c1. The molecular formula is C11H12O4. The molecule has 0 amide bonds. The van der Waals surface area contributed by atoms with E-state index in [1.54, 1.807) is 31.4 Å². The summed E-state index contributed by atoms with van der Waals surface area (Å²) in [5.74, 6) is 0.196. The number of ether oxygens (including phenoxy) is 2. The Morgan fingerprint density at radius 2 is 2.07 bits per heavy atom. The predicted octanol–water partition coefficient (Wildman–Crippen LogP) is 2.06. The van der Waals surface area contributed by atoms with Gasteiger partial charge in [-0.25, -0.2) is 4.79 Å². The topological polar surface area (TPSA) is 55.8 Å². The molecule has 1 aromatic carbocycles. The van der Waals surface area contributed by atoms with Crippen molar-refractivity contribution in [3.05, 3.63) is 36.1 Å². The Bertz CT molecular complexity index is 382. The van der Waals surface area contributed by atoms with Gasteiger partial charge in [-0.3, -0.25) is 0 Å². The van der Waals surface area contributed by atoms with E-state index in [9.17, 15) is 4.79 Å². The Labute approximate surface area is 87.7 Å². The minimum Gasteiger partial charge on any atom is -0.497 e. The fraction of sp³-hybridized carbons (Fsp3) is 0.182. The van der Waals surface area contributed by atoms with Gasteiger partial charge in [0.2, 0.25) is 0 Å². The summed E-state index contributed by atoms with van der Waals surface area (Å²) < 4.78 is 10.1. The Morgan fingerprint density at radius 3 is 2.67 bits per heavy atom. The smallest absolute Gasteiger partial charge is 0.334 e. The number of hydrogen-bond donors (Lipinski definition) is 1. The maximum Gasteiger partial charge on any atom is 0.334 e. The average molecular weight is 208 g/mol. The highest BCUT2D eigenvalue weighted by atomic mass is 16.5. The molecule has 0 fully saturated rings. The maximum absolute atomic E-state index is 10.5. The van der Waals surface area contributed by atoms with Gasteiger partial charge >= 0.3 is 5.97 Å². The van der Waals surface area contributed by atoms with Crippen molar-refractivity contribution in [1.29, 1.82) is 0 Å². The van der Waals surface area contributed by atoms with Crippen LogP contribution in [0, 0.1) is 0 Å². The highest BCUT2D eigenvalue weighted by Gasteiger charge is 2.00. The zero-order valence-electron chi connectivity index (χ0n) is 8.56. The second kappa shape index (κ2) is 5.05. The summed E-state index contributed by atoms with van der Waals surface area (Å²) >= 11 is 0. The standard InChI is InChI=1S/C11H12O4/c1-8(11(12)13)7-15-10-5-3-4-9(6-10)14-2/h3-7H,1-2H3,(H,12,13). The van der Waals surface area contributed by atoms with Gasteiger partial charge in [0, 0.05) is 6.07 Å². The molecule has 0 aliphatic rings. The lowest BCUT2D eigenvalue weighted by Gasteiger charge is -2.03. The van der Waals surface area contributed by atoms with Crippen molar-refractivity contribution in [1.82, 2.24) is 0 Å². The molecule has 0 saturated heterocycles. The van der Waals surface area contributed by atoms with Gasteiger partial charge in [-0.1, -0.05) is 6.07 Å². The van der Waals surface area contributed by atoms with Crippen molar-refractivity contribution in [2.45, 2.75) is 6.92 Å². The number of aliphatic carboxylic acids is 1. The largest absolute Gasteiger partial charge is 0.497 e. The Balaban J connectivity index is 2.73. The van der Waals surface area contributed by atoms with E-state index in [0.717, 1.165) is 0 Å². The van der Waals surface area contributed by atoms with Gasteiger partial charge in [0.25, 0.3) is 0 Å². The van der Waals surface area contributed by atoms with E-state index in [1.165, 1.54) is 13.2 Å². The molecule has 0 aromatic heterocycles. The molecule has 0 aliphatic heterocycles. The van der Waals surface area contributed by atoms with E-state index in [2.05, 4.69) is 0 Å². The molecule has 4 heteroatoms. The number of carboxylic acids is 1. The van der Waals surface area contributed by atoms with E-state index < -0.39 is 5.97 Å². The van der Waals surface area contributed by atoms with Crippen LogP contribution in [0.2, 0.25) is 0 Å². The first kappa shape index (κ1) is 11.1. The normalized spacial score (nSPS) is 10.9. The molecule has 0 aliphatic carbocycles. The van der Waals surface area contributed by atoms with Crippen LogP contribution < -0.4 is 9.47 Å². The third-order valence-corrected chi connectivity index (χ3v) is 1.75. The van der Waals surface area contributed by atoms with Gasteiger partial charge in [0.1, 0.15) is 17.8 Å². The fourth-order valence-corrected chi connectivity index (χ4v) is 0.881. The average Bonchev–Trinajstić information content (AvgIpc) is 2.26. The van der Waals surface area contributed by atoms with Crippen molar-refractivity contribution in [3.63, 3.8) is 0 Å². The molecule has 0 unspecified atom stereocenters. The van der Waals surface area contributed by atoms with Crippen LogP contribution >= 0.6 is 0 Å². The van der Waals surface area contributed by atoms with Crippen LogP contribution in [0.5, 0.6) is 11.5 Å². The summed E-state index contributed by atoms with van der Waals surface area (Å²) in [4.78, 5) is 10.5. The third-order valence-electron chi connectivity index (χ3n) is 1.75. The molecule has 1 rings (SSSR count). The summed E-state index contributed by atoms with van der Waals surface area (Å²) in [6.07, 6.45) is 1.19. The van der Waals surface area contributed by atoms with E-state index in [1.807, 2.05) is 0 Å². The number of carbonyl (C=O) groups is 1. The van der Waals surface area contributed by atoms with Crippen molar-refractivity contribution >= 4 is 5.97 Å². The Hall–Kier alpha value is -1.97. The molecule has 15 heavy (non-hydrogen) atoms. The van der Waals surface area contributed by atoms with Crippen LogP contribution in [-0.4, -0.2) is 18.2 Å². The monoisotopic (exact) mass is 208 g/mol. The van der Waals surface area contributed by atoms with Gasteiger partial charge in [-0.05, 0) is 19.1 Å². The van der Waals surface area contributed by atoms with Crippen LogP contribution in [0.3, 0.4) is 0 Å². The molecule has 0 saturated carbocycles. The van der Waals surface area contributed by atoms with Crippen LogP contribution in [0.4, 0.5) is 0 Å². The predicted molar refractivity (Wildman–Crippen MR) is 55.0 cm³/mol. The summed E-state index contributed by atoms with van der Waals surface area (Å²) in [6, 6.07) is 6.93. The fourth-order valence-electron chi connectivity index (χ4n) is 0.881. The van der Waals surface area contributed by atoms with Crippen LogP contribution in [0.15, 0.2) is 36.1 Å². The van der Waals surface area contributed by atoms with Crippen molar-refractivity contribution in [2.24, 2.45) is 0 Å². The molecule has 0 radical (unpaired) electrons. The molecular weight excluding hydrogens is 196 g/mol. The number of hydrogen-bond acceptors (Lipinski definition) is 3. The molecule has 1 N–H and O–H groups in total. The third kappa shape index (κ3) is 3.34. The van der Waals surface area contributed by atoms with Crippen molar-refractivity contribution in [2.75, 3.05) is 7.11 Å². The second-order valence-corrected chi connectivity index (χ2v) is 2.90. The number of rotatable bonds is 4. The molecule has 0 bridgehead atoms. The molecule has 80 valence electrons. The van der Waals surface area contributed by atoms with Gasteiger partial charge < -0.3 is 14.6 Å². The summed E-state index contributed by atoms with van der Waals surface area (Å²) in [6.45, 7) is 1.46. The summed E-state index contributed by atoms with van der Waals surface area (Å²) in [5.41, 5.74) is 0.137. The van der Waals surface area contributed by atoms with Gasteiger partial charge in [-0.15, -0.1) is 0 Å². The summed E-state index contributed by atoms with van der Waals surface area (Å²) in [5, 5.41) is 8.59. The summed E-state index contributed by atoms with van der Waals surface area (Å²) in [7, 11) is 1.55. The first-order chi connectivity index (χ1) is 7.13. The minimum atomic E-state index is -1.00. The van der Waals surface area contributed by atoms with Crippen LogP contribution in [0.1, 0.15) is 6.92 Å². The molecule has 0 spiro atoms. The minimum absolute atomic E-state index is 0.137. The highest BCUT2D eigenvalue weighted by Crippen LogP contribution is 2.19. The lowest BCUT2D eigenvalue weighted by atomic mass is 10.3. The lowest BCUT2D eigenvalue weighted by Crippen LogP contribution is -1.98. The number of carboxylic acid groups (broad SMARTS) is 1. The first-order valence-electron chi connectivity index (χ1n) is 4.34. The van der Waals surface area contributed by atoms with Crippen LogP contribution in [0.25, 0.3) is 0 Å². The van der Waals surface area contributed by atoms with Crippen molar-refractivity contribution < 1.29 is 19.4 Å². The van der Waals surface area contributed by atoms with Gasteiger partial charge in [-0.2, -0.15) is 0 Å². The quantitative estimate of drug-likeness (QED) is 0.607. The number of benzene rings is 1. The number of methoxy groups -OCH3 is 1. The van der Waals surface area contributed by atoms with Crippen molar-refractivity contribution in [3.8, 4) is 11.5 Å². The lowest BCUT2D eigenvalue weighted by molar-refractivity contribution is -0.132. The molecule has 4 nitrogen and oxygen atoms in total.